The zero-order valence-electron chi connectivity index (χ0n) is 21.5. The quantitative estimate of drug-likeness (QED) is 0.382. The summed E-state index contributed by atoms with van der Waals surface area (Å²) in [6, 6.07) is 17.2. The molecule has 0 amide bonds. The lowest BCUT2D eigenvalue weighted by Gasteiger charge is -2.40. The van der Waals surface area contributed by atoms with Crippen LogP contribution in [-0.4, -0.2) is 14.5 Å². The Kier molecular flexibility index (Phi) is 6.11. The van der Waals surface area contributed by atoms with E-state index in [-0.39, 0.29) is 16.4 Å². The third-order valence-corrected chi connectivity index (χ3v) is 9.98. The lowest BCUT2D eigenvalue weighted by Crippen LogP contribution is -2.34. The van der Waals surface area contributed by atoms with E-state index in [1.807, 2.05) is 42.5 Å². The molecule has 4 nitrogen and oxygen atoms in total. The Hall–Kier alpha value is -2.53. The van der Waals surface area contributed by atoms with Gasteiger partial charge in [-0.25, -0.2) is 8.42 Å². The molecule has 3 aromatic rings. The Labute approximate surface area is 210 Å². The van der Waals surface area contributed by atoms with Crippen LogP contribution < -0.4 is 9.46 Å². The highest BCUT2D eigenvalue weighted by molar-refractivity contribution is 7.92. The zero-order chi connectivity index (χ0) is 25.0. The van der Waals surface area contributed by atoms with E-state index < -0.39 is 10.0 Å². The van der Waals surface area contributed by atoms with Crippen molar-refractivity contribution < 1.29 is 13.2 Å². The molecule has 1 aliphatic carbocycles. The SMILES string of the molecule is CCC(C)(C)[C@@H]1CC[C@@H]2Oc3c(cc(NS(=O)(=O)c4ccc(C(C)C)cc4)c4ccccc34)[C@H]2C1. The molecule has 1 aliphatic heterocycles. The van der Waals surface area contributed by atoms with Gasteiger partial charge in [0.1, 0.15) is 11.9 Å². The van der Waals surface area contributed by atoms with Crippen molar-refractivity contribution >= 4 is 26.5 Å². The maximum atomic E-state index is 13.4. The van der Waals surface area contributed by atoms with Gasteiger partial charge in [0.15, 0.2) is 0 Å². The predicted molar refractivity (Wildman–Crippen MR) is 144 cm³/mol. The van der Waals surface area contributed by atoms with E-state index in [0.717, 1.165) is 46.9 Å². The molecular weight excluding hydrogens is 454 g/mol. The van der Waals surface area contributed by atoms with Gasteiger partial charge < -0.3 is 4.74 Å². The summed E-state index contributed by atoms with van der Waals surface area (Å²) in [7, 11) is -3.72. The van der Waals surface area contributed by atoms with Crippen molar-refractivity contribution in [3.05, 3.63) is 65.7 Å². The van der Waals surface area contributed by atoms with Gasteiger partial charge in [-0.1, -0.05) is 77.4 Å². The highest BCUT2D eigenvalue weighted by atomic mass is 32.2. The minimum Gasteiger partial charge on any atom is -0.489 e. The Morgan fingerprint density at radius 2 is 1.71 bits per heavy atom. The number of fused-ring (bicyclic) bond motifs is 5. The summed E-state index contributed by atoms with van der Waals surface area (Å²) in [4.78, 5) is 0.281. The van der Waals surface area contributed by atoms with Crippen molar-refractivity contribution in [1.82, 2.24) is 0 Å². The van der Waals surface area contributed by atoms with Gasteiger partial charge in [0.25, 0.3) is 10.0 Å². The van der Waals surface area contributed by atoms with E-state index in [9.17, 15) is 8.42 Å². The fourth-order valence-corrected chi connectivity index (χ4v) is 6.93. The maximum Gasteiger partial charge on any atom is 0.261 e. The van der Waals surface area contributed by atoms with Crippen LogP contribution in [0.5, 0.6) is 5.75 Å². The van der Waals surface area contributed by atoms with Crippen LogP contribution in [0, 0.1) is 11.3 Å². The van der Waals surface area contributed by atoms with Crippen LogP contribution in [0.3, 0.4) is 0 Å². The fraction of sp³-hybridized carbons (Fsp3) is 0.467. The van der Waals surface area contributed by atoms with Gasteiger partial charge in [0.2, 0.25) is 0 Å². The molecule has 0 aromatic heterocycles. The summed E-state index contributed by atoms with van der Waals surface area (Å²) in [5.74, 6) is 2.22. The number of ether oxygens (including phenoxy) is 1. The van der Waals surface area contributed by atoms with Gasteiger partial charge in [-0.15, -0.1) is 0 Å². The maximum absolute atomic E-state index is 13.4. The van der Waals surface area contributed by atoms with Crippen molar-refractivity contribution in [1.29, 1.82) is 0 Å². The third-order valence-electron chi connectivity index (χ3n) is 8.60. The van der Waals surface area contributed by atoms with E-state index in [1.54, 1.807) is 12.1 Å². The number of rotatable bonds is 6. The van der Waals surface area contributed by atoms with Crippen molar-refractivity contribution in [2.45, 2.75) is 83.1 Å². The minimum atomic E-state index is -3.72. The number of benzene rings is 3. The summed E-state index contributed by atoms with van der Waals surface area (Å²) in [6.07, 6.45) is 4.64. The second-order valence-corrected chi connectivity index (χ2v) is 13.0. The second kappa shape index (κ2) is 8.85. The van der Waals surface area contributed by atoms with E-state index in [4.69, 9.17) is 4.74 Å². The van der Waals surface area contributed by atoms with E-state index >= 15 is 0 Å². The molecule has 1 fully saturated rings. The molecule has 186 valence electrons. The topological polar surface area (TPSA) is 55.4 Å². The fourth-order valence-electron chi connectivity index (χ4n) is 5.86. The van der Waals surface area contributed by atoms with Gasteiger partial charge in [-0.3, -0.25) is 4.72 Å². The van der Waals surface area contributed by atoms with Gasteiger partial charge in [-0.05, 0) is 60.3 Å². The molecule has 1 N–H and O–H groups in total. The van der Waals surface area contributed by atoms with Crippen LogP contribution >= 0.6 is 0 Å². The van der Waals surface area contributed by atoms with Crippen molar-refractivity contribution in [3.63, 3.8) is 0 Å². The highest BCUT2D eigenvalue weighted by Gasteiger charge is 2.44. The molecular formula is C30H37NO3S. The monoisotopic (exact) mass is 491 g/mol. The number of hydrogen-bond donors (Lipinski definition) is 1. The van der Waals surface area contributed by atoms with Crippen LogP contribution in [0.2, 0.25) is 0 Å². The third kappa shape index (κ3) is 4.33. The molecule has 5 heteroatoms. The first-order chi connectivity index (χ1) is 16.6. The number of nitrogens with one attached hydrogen (secondary N) is 1. The van der Waals surface area contributed by atoms with Crippen molar-refractivity contribution in [2.24, 2.45) is 11.3 Å². The lowest BCUT2D eigenvalue weighted by molar-refractivity contribution is 0.0784. The zero-order valence-corrected chi connectivity index (χ0v) is 22.3. The predicted octanol–water partition coefficient (Wildman–Crippen LogP) is 7.84. The summed E-state index contributed by atoms with van der Waals surface area (Å²) >= 11 is 0. The molecule has 1 saturated carbocycles. The smallest absolute Gasteiger partial charge is 0.261 e. The Balaban J connectivity index is 1.54. The van der Waals surface area contributed by atoms with E-state index in [2.05, 4.69) is 39.3 Å². The number of sulfonamides is 1. The lowest BCUT2D eigenvalue weighted by atomic mass is 9.65. The van der Waals surface area contributed by atoms with Crippen LogP contribution in [0.1, 0.15) is 83.3 Å². The summed E-state index contributed by atoms with van der Waals surface area (Å²) in [5.41, 5.74) is 3.19. The normalized spacial score (nSPS) is 22.1. The Morgan fingerprint density at radius 1 is 1.03 bits per heavy atom. The van der Waals surface area contributed by atoms with Gasteiger partial charge in [0, 0.05) is 22.3 Å². The first kappa shape index (κ1) is 24.2. The average Bonchev–Trinajstić information content (AvgIpc) is 3.22. The number of anilines is 1. The minimum absolute atomic E-state index is 0.174. The van der Waals surface area contributed by atoms with Crippen LogP contribution in [0.25, 0.3) is 10.8 Å². The largest absolute Gasteiger partial charge is 0.489 e. The molecule has 3 aromatic carbocycles. The van der Waals surface area contributed by atoms with Crippen LogP contribution in [-0.2, 0) is 10.0 Å². The average molecular weight is 492 g/mol. The molecule has 2 aliphatic rings. The van der Waals surface area contributed by atoms with E-state index in [1.165, 1.54) is 6.42 Å². The molecule has 5 rings (SSSR count). The van der Waals surface area contributed by atoms with Crippen molar-refractivity contribution in [2.75, 3.05) is 4.72 Å². The summed E-state index contributed by atoms with van der Waals surface area (Å²) in [5, 5.41) is 1.86. The molecule has 0 saturated heterocycles. The Morgan fingerprint density at radius 3 is 2.37 bits per heavy atom. The molecule has 0 spiro atoms. The van der Waals surface area contributed by atoms with Gasteiger partial charge in [0.05, 0.1) is 10.6 Å². The Bertz CT molecular complexity index is 1340. The second-order valence-electron chi connectivity index (χ2n) is 11.3. The van der Waals surface area contributed by atoms with Crippen LogP contribution in [0.4, 0.5) is 5.69 Å². The number of hydrogen-bond acceptors (Lipinski definition) is 3. The molecule has 0 unspecified atom stereocenters. The standard InChI is InChI=1S/C30H37NO3S/c1-6-30(4,5)21-13-16-28-25(17-21)26-18-27(23-9-7-8-10-24(23)29(26)34-28)31-35(32,33)22-14-11-20(12-15-22)19(2)3/h7-12,14-15,18-19,21,25,28,31H,6,13,16-17H2,1-5H3/t21-,25-,28+/m1/s1. The molecule has 0 radical (unpaired) electrons. The van der Waals surface area contributed by atoms with Gasteiger partial charge >= 0.3 is 0 Å². The molecule has 35 heavy (non-hydrogen) atoms. The first-order valence-electron chi connectivity index (χ1n) is 13.0. The molecule has 0 bridgehead atoms. The van der Waals surface area contributed by atoms with E-state index in [0.29, 0.717) is 23.4 Å². The summed E-state index contributed by atoms with van der Waals surface area (Å²) in [6.45, 7) is 11.2. The molecule has 1 heterocycles. The first-order valence-corrected chi connectivity index (χ1v) is 14.4. The van der Waals surface area contributed by atoms with Gasteiger partial charge in [-0.2, -0.15) is 0 Å². The van der Waals surface area contributed by atoms with Crippen molar-refractivity contribution in [3.8, 4) is 5.75 Å². The highest BCUT2D eigenvalue weighted by Crippen LogP contribution is 2.54. The van der Waals surface area contributed by atoms with Crippen LogP contribution in [0.15, 0.2) is 59.5 Å². The summed E-state index contributed by atoms with van der Waals surface area (Å²) < 4.78 is 36.2. The molecule has 3 atom stereocenters.